The van der Waals surface area contributed by atoms with E-state index in [1.165, 1.54) is 0 Å². The van der Waals surface area contributed by atoms with Crippen LogP contribution in [0.4, 0.5) is 0 Å². The van der Waals surface area contributed by atoms with Gasteiger partial charge in [0.15, 0.2) is 0 Å². The van der Waals surface area contributed by atoms with Gasteiger partial charge in [0.1, 0.15) is 11.9 Å². The van der Waals surface area contributed by atoms with Crippen LogP contribution in [0.2, 0.25) is 5.02 Å². The fourth-order valence-corrected chi connectivity index (χ4v) is 2.18. The number of ether oxygens (including phenoxy) is 1. The van der Waals surface area contributed by atoms with Crippen molar-refractivity contribution in [3.8, 4) is 0 Å². The summed E-state index contributed by atoms with van der Waals surface area (Å²) in [7, 11) is 0. The maximum atomic E-state index is 11.9. The van der Waals surface area contributed by atoms with Gasteiger partial charge in [-0.05, 0) is 43.5 Å². The van der Waals surface area contributed by atoms with Crippen molar-refractivity contribution in [1.29, 1.82) is 0 Å². The quantitative estimate of drug-likeness (QED) is 0.609. The van der Waals surface area contributed by atoms with Crippen LogP contribution in [0.15, 0.2) is 24.3 Å². The van der Waals surface area contributed by atoms with Gasteiger partial charge in [0.05, 0.1) is 5.56 Å². The molecule has 1 fully saturated rings. The van der Waals surface area contributed by atoms with Gasteiger partial charge >= 0.3 is 5.97 Å². The summed E-state index contributed by atoms with van der Waals surface area (Å²) in [5.74, 6) is -0.201. The predicted molar refractivity (Wildman–Crippen MR) is 68.7 cm³/mol. The lowest BCUT2D eigenvalue weighted by molar-refractivity contribution is -0.120. The van der Waals surface area contributed by atoms with Gasteiger partial charge in [-0.25, -0.2) is 4.79 Å². The molecule has 0 N–H and O–H groups in total. The van der Waals surface area contributed by atoms with E-state index in [9.17, 15) is 9.59 Å². The Morgan fingerprint density at radius 1 is 1.22 bits per heavy atom. The van der Waals surface area contributed by atoms with Crippen LogP contribution < -0.4 is 0 Å². The highest BCUT2D eigenvalue weighted by atomic mass is 35.5. The average Bonchev–Trinajstić information content (AvgIpc) is 2.54. The number of esters is 1. The summed E-state index contributed by atoms with van der Waals surface area (Å²) in [5.41, 5.74) is 0.469. The van der Waals surface area contributed by atoms with E-state index in [4.69, 9.17) is 16.3 Å². The second-order valence-corrected chi connectivity index (χ2v) is 4.96. The molecule has 0 spiro atoms. The zero-order valence-corrected chi connectivity index (χ0v) is 10.8. The molecule has 1 aliphatic carbocycles. The normalized spacial score (nSPS) is 20.3. The Labute approximate surface area is 111 Å². The third-order valence-corrected chi connectivity index (χ3v) is 3.29. The molecule has 1 aliphatic rings. The molecule has 18 heavy (non-hydrogen) atoms. The molecule has 1 unspecified atom stereocenters. The Morgan fingerprint density at radius 3 is 2.67 bits per heavy atom. The van der Waals surface area contributed by atoms with E-state index in [2.05, 4.69) is 0 Å². The van der Waals surface area contributed by atoms with Crippen LogP contribution in [0.3, 0.4) is 0 Å². The Morgan fingerprint density at radius 2 is 1.94 bits per heavy atom. The van der Waals surface area contributed by atoms with E-state index in [0.29, 0.717) is 23.4 Å². The maximum absolute atomic E-state index is 11.9. The molecule has 0 aliphatic heterocycles. The first-order valence-electron chi connectivity index (χ1n) is 6.13. The molecule has 4 heteroatoms. The van der Waals surface area contributed by atoms with E-state index >= 15 is 0 Å². The van der Waals surface area contributed by atoms with Crippen LogP contribution in [0.5, 0.6) is 0 Å². The molecule has 0 saturated heterocycles. The Hall–Kier alpha value is -1.35. The third kappa shape index (κ3) is 3.57. The van der Waals surface area contributed by atoms with Crippen molar-refractivity contribution in [3.05, 3.63) is 34.9 Å². The van der Waals surface area contributed by atoms with Crippen LogP contribution in [0, 0.1) is 0 Å². The van der Waals surface area contributed by atoms with Crippen molar-refractivity contribution < 1.29 is 14.3 Å². The number of benzene rings is 1. The molecule has 1 atom stereocenters. The highest BCUT2D eigenvalue weighted by molar-refractivity contribution is 6.30. The van der Waals surface area contributed by atoms with Crippen molar-refractivity contribution in [2.24, 2.45) is 0 Å². The number of rotatable bonds is 2. The Bertz CT molecular complexity index is 439. The molecular formula is C14H15ClO3. The standard InChI is InChI=1S/C14H15ClO3/c15-11-7-5-10(6-8-11)14(17)18-13-4-2-1-3-12(16)9-13/h5-8,13H,1-4,9H2. The second kappa shape index (κ2) is 6.01. The Balaban J connectivity index is 1.97. The molecule has 1 saturated carbocycles. The summed E-state index contributed by atoms with van der Waals surface area (Å²) in [5, 5.41) is 0.580. The zero-order valence-electron chi connectivity index (χ0n) is 10.0. The maximum Gasteiger partial charge on any atom is 0.338 e. The van der Waals surface area contributed by atoms with E-state index < -0.39 is 0 Å². The summed E-state index contributed by atoms with van der Waals surface area (Å²) in [6.45, 7) is 0. The lowest BCUT2D eigenvalue weighted by Crippen LogP contribution is -2.20. The number of ketones is 1. The molecule has 0 heterocycles. The van der Waals surface area contributed by atoms with Crippen LogP contribution in [0.25, 0.3) is 0 Å². The average molecular weight is 267 g/mol. The number of halogens is 1. The summed E-state index contributed by atoms with van der Waals surface area (Å²) in [6.07, 6.45) is 3.28. The van der Waals surface area contributed by atoms with Gasteiger partial charge in [0.2, 0.25) is 0 Å². The highest BCUT2D eigenvalue weighted by Crippen LogP contribution is 2.19. The van der Waals surface area contributed by atoms with Crippen molar-refractivity contribution in [2.45, 2.75) is 38.2 Å². The summed E-state index contributed by atoms with van der Waals surface area (Å²) in [4.78, 5) is 23.3. The van der Waals surface area contributed by atoms with Gasteiger partial charge in [-0.15, -0.1) is 0 Å². The van der Waals surface area contributed by atoms with Crippen LogP contribution in [0.1, 0.15) is 42.5 Å². The van der Waals surface area contributed by atoms with Crippen LogP contribution in [-0.4, -0.2) is 17.9 Å². The van der Waals surface area contributed by atoms with Gasteiger partial charge in [0.25, 0.3) is 0 Å². The first kappa shape index (κ1) is 13.1. The van der Waals surface area contributed by atoms with Crippen molar-refractivity contribution in [3.63, 3.8) is 0 Å². The first-order chi connectivity index (χ1) is 8.65. The smallest absolute Gasteiger partial charge is 0.338 e. The zero-order chi connectivity index (χ0) is 13.0. The van der Waals surface area contributed by atoms with Crippen molar-refractivity contribution in [2.75, 3.05) is 0 Å². The van der Waals surface area contributed by atoms with Gasteiger partial charge < -0.3 is 4.74 Å². The van der Waals surface area contributed by atoms with Crippen LogP contribution in [-0.2, 0) is 9.53 Å². The highest BCUT2D eigenvalue weighted by Gasteiger charge is 2.21. The monoisotopic (exact) mass is 266 g/mol. The SMILES string of the molecule is O=C1CCCCC(OC(=O)c2ccc(Cl)cc2)C1. The third-order valence-electron chi connectivity index (χ3n) is 3.04. The predicted octanol–water partition coefficient (Wildman–Crippen LogP) is 3.40. The van der Waals surface area contributed by atoms with Gasteiger partial charge in [0, 0.05) is 17.9 Å². The first-order valence-corrected chi connectivity index (χ1v) is 6.51. The largest absolute Gasteiger partial charge is 0.458 e. The number of hydrogen-bond acceptors (Lipinski definition) is 3. The fourth-order valence-electron chi connectivity index (χ4n) is 2.06. The van der Waals surface area contributed by atoms with Crippen molar-refractivity contribution in [1.82, 2.24) is 0 Å². The number of carbonyl (C=O) groups is 2. The molecule has 1 aromatic rings. The number of hydrogen-bond donors (Lipinski definition) is 0. The number of carbonyl (C=O) groups excluding carboxylic acids is 2. The van der Waals surface area contributed by atoms with Gasteiger partial charge in [-0.3, -0.25) is 4.79 Å². The summed E-state index contributed by atoms with van der Waals surface area (Å²) >= 11 is 5.75. The molecule has 1 aromatic carbocycles. The molecule has 3 nitrogen and oxygen atoms in total. The van der Waals surface area contributed by atoms with Crippen LogP contribution >= 0.6 is 11.6 Å². The summed E-state index contributed by atoms with van der Waals surface area (Å²) in [6, 6.07) is 6.55. The van der Waals surface area contributed by atoms with E-state index in [0.717, 1.165) is 19.3 Å². The van der Waals surface area contributed by atoms with Gasteiger partial charge in [-0.1, -0.05) is 11.6 Å². The minimum Gasteiger partial charge on any atom is -0.458 e. The topological polar surface area (TPSA) is 43.4 Å². The second-order valence-electron chi connectivity index (χ2n) is 4.52. The van der Waals surface area contributed by atoms with E-state index in [1.54, 1.807) is 24.3 Å². The molecule has 2 rings (SSSR count). The Kier molecular flexibility index (Phi) is 4.37. The minimum absolute atomic E-state index is 0.182. The van der Waals surface area contributed by atoms with Crippen molar-refractivity contribution >= 4 is 23.4 Å². The number of Topliss-reactive ketones (excluding diaryl/α,β-unsaturated/α-hetero) is 1. The molecule has 0 amide bonds. The molecule has 0 bridgehead atoms. The molecular weight excluding hydrogens is 252 g/mol. The fraction of sp³-hybridized carbons (Fsp3) is 0.429. The summed E-state index contributed by atoms with van der Waals surface area (Å²) < 4.78 is 5.36. The molecule has 96 valence electrons. The van der Waals surface area contributed by atoms with Gasteiger partial charge in [-0.2, -0.15) is 0 Å². The molecule has 0 aromatic heterocycles. The lowest BCUT2D eigenvalue weighted by Gasteiger charge is -2.14. The van der Waals surface area contributed by atoms with E-state index in [1.807, 2.05) is 0 Å². The minimum atomic E-state index is -0.383. The van der Waals surface area contributed by atoms with E-state index in [-0.39, 0.29) is 17.9 Å². The lowest BCUT2D eigenvalue weighted by atomic mass is 10.1. The molecule has 0 radical (unpaired) electrons.